The van der Waals surface area contributed by atoms with Crippen LogP contribution in [0.1, 0.15) is 12.7 Å². The van der Waals surface area contributed by atoms with Gasteiger partial charge >= 0.3 is 0 Å². The minimum atomic E-state index is -0.0914. The third-order valence-corrected chi connectivity index (χ3v) is 5.05. The van der Waals surface area contributed by atoms with Gasteiger partial charge in [0.1, 0.15) is 15.8 Å². The summed E-state index contributed by atoms with van der Waals surface area (Å²) in [5.41, 5.74) is 0.781. The number of thiocarbonyl (C=S) groups is 1. The van der Waals surface area contributed by atoms with E-state index in [-0.39, 0.29) is 5.91 Å². The van der Waals surface area contributed by atoms with E-state index in [1.54, 1.807) is 35.2 Å². The second-order valence-corrected chi connectivity index (χ2v) is 7.33. The monoisotopic (exact) mass is 383 g/mol. The van der Waals surface area contributed by atoms with Crippen LogP contribution in [0.3, 0.4) is 0 Å². The maximum absolute atomic E-state index is 12.2. The van der Waals surface area contributed by atoms with Crippen LogP contribution < -0.4 is 0 Å². The average molecular weight is 384 g/mol. The lowest BCUT2D eigenvalue weighted by atomic mass is 10.2. The molecule has 7 heteroatoms. The largest absolute Gasteiger partial charge is 0.457 e. The minimum Gasteiger partial charge on any atom is -0.457 e. The number of benzene rings is 1. The van der Waals surface area contributed by atoms with Gasteiger partial charge in [0.05, 0.1) is 4.91 Å². The number of amides is 1. The van der Waals surface area contributed by atoms with Crippen LogP contribution in [0.15, 0.2) is 39.7 Å². The average Bonchev–Trinajstić information content (AvgIpc) is 3.04. The lowest BCUT2D eigenvalue weighted by Crippen LogP contribution is -2.27. The van der Waals surface area contributed by atoms with Crippen LogP contribution in [-0.2, 0) is 4.79 Å². The fraction of sp³-hybridized carbons (Fsp3) is 0.125. The summed E-state index contributed by atoms with van der Waals surface area (Å²) in [6.45, 7) is 2.45. The Balaban J connectivity index is 1.89. The Morgan fingerprint density at radius 1 is 1.26 bits per heavy atom. The van der Waals surface area contributed by atoms with E-state index in [4.69, 9.17) is 39.8 Å². The Bertz CT molecular complexity index is 809. The van der Waals surface area contributed by atoms with E-state index in [0.29, 0.717) is 37.3 Å². The zero-order valence-corrected chi connectivity index (χ0v) is 15.2. The Morgan fingerprint density at radius 3 is 2.57 bits per heavy atom. The SMILES string of the molecule is CCN1C(=O)C(=Cc2ccc(-c3cc(Cl)cc(Cl)c3)o2)SC1=S. The number of halogens is 2. The molecule has 2 aromatic rings. The first-order valence-corrected chi connectivity index (χ1v) is 8.77. The Morgan fingerprint density at radius 2 is 1.96 bits per heavy atom. The maximum atomic E-state index is 12.2. The molecular formula is C16H11Cl2NO2S2. The van der Waals surface area contributed by atoms with Gasteiger partial charge in [-0.2, -0.15) is 0 Å². The van der Waals surface area contributed by atoms with Crippen molar-refractivity contribution in [3.63, 3.8) is 0 Å². The topological polar surface area (TPSA) is 33.5 Å². The summed E-state index contributed by atoms with van der Waals surface area (Å²) in [6, 6.07) is 8.81. The quantitative estimate of drug-likeness (QED) is 0.519. The molecule has 118 valence electrons. The highest BCUT2D eigenvalue weighted by molar-refractivity contribution is 8.26. The fourth-order valence-corrected chi connectivity index (χ4v) is 4.07. The first-order chi connectivity index (χ1) is 11.0. The lowest BCUT2D eigenvalue weighted by Gasteiger charge is -2.09. The number of hydrogen-bond acceptors (Lipinski definition) is 4. The van der Waals surface area contributed by atoms with E-state index in [1.807, 2.05) is 13.0 Å². The standard InChI is InChI=1S/C16H11Cl2NO2S2/c1-2-19-15(20)14(23-16(19)22)8-12-3-4-13(21-12)9-5-10(17)7-11(18)6-9/h3-8H,2H2,1H3. The summed E-state index contributed by atoms with van der Waals surface area (Å²) in [6.07, 6.45) is 1.70. The van der Waals surface area contributed by atoms with Gasteiger partial charge in [-0.3, -0.25) is 9.69 Å². The van der Waals surface area contributed by atoms with Crippen molar-refractivity contribution in [3.05, 3.63) is 51.0 Å². The Labute approximate surface area is 153 Å². The normalized spacial score (nSPS) is 16.7. The van der Waals surface area contributed by atoms with E-state index in [1.165, 1.54) is 11.8 Å². The highest BCUT2D eigenvalue weighted by Gasteiger charge is 2.30. The van der Waals surface area contributed by atoms with Crippen molar-refractivity contribution in [2.75, 3.05) is 6.54 Å². The summed E-state index contributed by atoms with van der Waals surface area (Å²) in [4.78, 5) is 14.3. The molecule has 0 unspecified atom stereocenters. The van der Waals surface area contributed by atoms with E-state index in [9.17, 15) is 4.79 Å². The van der Waals surface area contributed by atoms with Gasteiger partial charge in [0.2, 0.25) is 0 Å². The lowest BCUT2D eigenvalue weighted by molar-refractivity contribution is -0.121. The van der Waals surface area contributed by atoms with Crippen LogP contribution in [0.4, 0.5) is 0 Å². The zero-order chi connectivity index (χ0) is 16.6. The molecule has 1 aromatic heterocycles. The molecule has 3 rings (SSSR count). The molecular weight excluding hydrogens is 373 g/mol. The van der Waals surface area contributed by atoms with Crippen molar-refractivity contribution >= 4 is 63.5 Å². The molecule has 1 saturated heterocycles. The van der Waals surface area contributed by atoms with Gasteiger partial charge in [-0.15, -0.1) is 0 Å². The summed E-state index contributed by atoms with van der Waals surface area (Å²) in [5, 5.41) is 1.07. The minimum absolute atomic E-state index is 0.0914. The third kappa shape index (κ3) is 3.48. The number of furan rings is 1. The molecule has 23 heavy (non-hydrogen) atoms. The van der Waals surface area contributed by atoms with Gasteiger partial charge < -0.3 is 4.42 Å². The van der Waals surface area contributed by atoms with E-state index < -0.39 is 0 Å². The first-order valence-electron chi connectivity index (χ1n) is 6.79. The molecule has 3 nitrogen and oxygen atoms in total. The van der Waals surface area contributed by atoms with Gasteiger partial charge in [0, 0.05) is 28.2 Å². The molecule has 0 N–H and O–H groups in total. The maximum Gasteiger partial charge on any atom is 0.266 e. The first kappa shape index (κ1) is 16.6. The number of carbonyl (C=O) groups is 1. The van der Waals surface area contributed by atoms with Crippen LogP contribution in [0.25, 0.3) is 17.4 Å². The molecule has 1 aliphatic heterocycles. The number of nitrogens with zero attached hydrogens (tertiary/aromatic N) is 1. The molecule has 0 aliphatic carbocycles. The van der Waals surface area contributed by atoms with Crippen LogP contribution in [0.5, 0.6) is 0 Å². The van der Waals surface area contributed by atoms with Crippen LogP contribution in [0.2, 0.25) is 10.0 Å². The highest BCUT2D eigenvalue weighted by atomic mass is 35.5. The summed E-state index contributed by atoms with van der Waals surface area (Å²) in [5.74, 6) is 1.12. The van der Waals surface area contributed by atoms with Crippen molar-refractivity contribution in [2.45, 2.75) is 6.92 Å². The highest BCUT2D eigenvalue weighted by Crippen LogP contribution is 2.34. The molecule has 2 heterocycles. The van der Waals surface area contributed by atoms with Crippen molar-refractivity contribution < 1.29 is 9.21 Å². The van der Waals surface area contributed by atoms with E-state index in [2.05, 4.69) is 0 Å². The van der Waals surface area contributed by atoms with Crippen molar-refractivity contribution in [1.82, 2.24) is 4.90 Å². The van der Waals surface area contributed by atoms with Crippen molar-refractivity contribution in [1.29, 1.82) is 0 Å². The summed E-state index contributed by atoms with van der Waals surface area (Å²) < 4.78 is 6.34. The fourth-order valence-electron chi connectivity index (χ4n) is 2.18. The molecule has 0 radical (unpaired) electrons. The second kappa shape index (κ2) is 6.69. The smallest absolute Gasteiger partial charge is 0.266 e. The van der Waals surface area contributed by atoms with Crippen LogP contribution >= 0.6 is 47.2 Å². The van der Waals surface area contributed by atoms with Gasteiger partial charge in [-0.25, -0.2) is 0 Å². The van der Waals surface area contributed by atoms with Crippen LogP contribution in [-0.4, -0.2) is 21.7 Å². The summed E-state index contributed by atoms with van der Waals surface area (Å²) >= 11 is 18.5. The number of carbonyl (C=O) groups excluding carboxylic acids is 1. The molecule has 1 aliphatic rings. The van der Waals surface area contributed by atoms with Crippen molar-refractivity contribution in [3.8, 4) is 11.3 Å². The molecule has 1 amide bonds. The van der Waals surface area contributed by atoms with Gasteiger partial charge in [0.15, 0.2) is 0 Å². The molecule has 1 fully saturated rings. The zero-order valence-electron chi connectivity index (χ0n) is 12.0. The molecule has 1 aromatic carbocycles. The van der Waals surface area contributed by atoms with E-state index >= 15 is 0 Å². The third-order valence-electron chi connectivity index (χ3n) is 3.24. The molecule has 0 atom stereocenters. The molecule has 0 bridgehead atoms. The Hall–Kier alpha value is -1.27. The Kier molecular flexibility index (Phi) is 4.82. The van der Waals surface area contributed by atoms with Crippen molar-refractivity contribution in [2.24, 2.45) is 0 Å². The van der Waals surface area contributed by atoms with Gasteiger partial charge in [-0.1, -0.05) is 47.2 Å². The second-order valence-electron chi connectivity index (χ2n) is 4.79. The number of hydrogen-bond donors (Lipinski definition) is 0. The molecule has 0 spiro atoms. The number of thioether (sulfide) groups is 1. The van der Waals surface area contributed by atoms with E-state index in [0.717, 1.165) is 5.56 Å². The van der Waals surface area contributed by atoms with Crippen LogP contribution in [0, 0.1) is 0 Å². The number of likely N-dealkylation sites (N-methyl/N-ethyl adjacent to an activating group) is 1. The summed E-state index contributed by atoms with van der Waals surface area (Å²) in [7, 11) is 0. The molecule has 0 saturated carbocycles. The van der Waals surface area contributed by atoms with Gasteiger partial charge in [0.25, 0.3) is 5.91 Å². The predicted octanol–water partition coefficient (Wildman–Crippen LogP) is 5.47. The van der Waals surface area contributed by atoms with Gasteiger partial charge in [-0.05, 0) is 37.3 Å². The number of rotatable bonds is 3. The predicted molar refractivity (Wildman–Crippen MR) is 99.7 cm³/mol.